The van der Waals surface area contributed by atoms with E-state index in [4.69, 9.17) is 5.73 Å². The number of Topliss-reactive ketones (excluding diaryl/α,β-unsaturated/α-hetero) is 2. The van der Waals surface area contributed by atoms with Crippen molar-refractivity contribution in [2.24, 2.45) is 17.6 Å². The van der Waals surface area contributed by atoms with Gasteiger partial charge in [-0.3, -0.25) is 19.3 Å². The van der Waals surface area contributed by atoms with Crippen LogP contribution in [0.3, 0.4) is 0 Å². The molecule has 2 aromatic carbocycles. The zero-order valence-electron chi connectivity index (χ0n) is 20.0. The lowest BCUT2D eigenvalue weighted by atomic mass is 9.53. The lowest BCUT2D eigenvalue weighted by molar-refractivity contribution is -0.169. The zero-order valence-corrected chi connectivity index (χ0v) is 20.0. The number of aliphatic hydroxyl groups excluding tert-OH is 3. The molecular formula is C27H26N2O8. The molecule has 0 radical (unpaired) electrons. The third-order valence-electron chi connectivity index (χ3n) is 7.82. The number of aliphatic hydroxyl groups is 4. The van der Waals surface area contributed by atoms with Crippen LogP contribution in [0.2, 0.25) is 0 Å². The average molecular weight is 507 g/mol. The van der Waals surface area contributed by atoms with Gasteiger partial charge >= 0.3 is 0 Å². The molecule has 3 aliphatic rings. The van der Waals surface area contributed by atoms with Gasteiger partial charge in [0.15, 0.2) is 11.4 Å². The molecule has 5 rings (SSSR count). The summed E-state index contributed by atoms with van der Waals surface area (Å²) in [5.41, 5.74) is 2.02. The molecule has 6 atom stereocenters. The summed E-state index contributed by atoms with van der Waals surface area (Å²) >= 11 is 0. The predicted molar refractivity (Wildman–Crippen MR) is 130 cm³/mol. The molecule has 2 aromatic rings. The summed E-state index contributed by atoms with van der Waals surface area (Å²) in [7, 11) is 2.93. The van der Waals surface area contributed by atoms with Crippen LogP contribution in [-0.4, -0.2) is 79.7 Å². The third-order valence-corrected chi connectivity index (χ3v) is 7.82. The van der Waals surface area contributed by atoms with E-state index in [0.29, 0.717) is 11.1 Å². The largest absolute Gasteiger partial charge is 0.508 e. The molecule has 0 bridgehead atoms. The van der Waals surface area contributed by atoms with E-state index in [-0.39, 0.29) is 11.3 Å². The van der Waals surface area contributed by atoms with Crippen molar-refractivity contribution < 1.29 is 39.9 Å². The Morgan fingerprint density at radius 3 is 2.24 bits per heavy atom. The van der Waals surface area contributed by atoms with Gasteiger partial charge in [-0.25, -0.2) is 0 Å². The zero-order chi connectivity index (χ0) is 27.0. The first-order valence-corrected chi connectivity index (χ1v) is 11.6. The third kappa shape index (κ3) is 3.13. The van der Waals surface area contributed by atoms with Gasteiger partial charge in [-0.05, 0) is 31.3 Å². The fraction of sp³-hybridized carbons (Fsp3) is 0.296. The van der Waals surface area contributed by atoms with Gasteiger partial charge in [0.2, 0.25) is 5.78 Å². The summed E-state index contributed by atoms with van der Waals surface area (Å²) in [5, 5.41) is 56.5. The average Bonchev–Trinajstić information content (AvgIpc) is 2.84. The van der Waals surface area contributed by atoms with Gasteiger partial charge in [-0.1, -0.05) is 42.5 Å². The van der Waals surface area contributed by atoms with Gasteiger partial charge in [-0.15, -0.1) is 0 Å². The smallest absolute Gasteiger partial charge is 0.255 e. The Morgan fingerprint density at radius 2 is 1.65 bits per heavy atom. The quantitative estimate of drug-likeness (QED) is 0.323. The number of fused-ring (bicyclic) bond motifs is 3. The molecule has 0 aliphatic heterocycles. The maximum Gasteiger partial charge on any atom is 0.255 e. The highest BCUT2D eigenvalue weighted by molar-refractivity contribution is 6.24. The normalized spacial score (nSPS) is 31.2. The Labute approximate surface area is 211 Å². The number of likely N-dealkylation sites (N-methyl/N-ethyl adjacent to an activating group) is 1. The molecule has 3 aliphatic carbocycles. The molecule has 7 N–H and O–H groups in total. The summed E-state index contributed by atoms with van der Waals surface area (Å²) < 4.78 is 0. The van der Waals surface area contributed by atoms with Crippen molar-refractivity contribution in [3.63, 3.8) is 0 Å². The van der Waals surface area contributed by atoms with Crippen molar-refractivity contribution in [1.82, 2.24) is 4.90 Å². The van der Waals surface area contributed by atoms with E-state index in [2.05, 4.69) is 0 Å². The number of nitrogens with two attached hydrogens (primary N) is 1. The van der Waals surface area contributed by atoms with Crippen molar-refractivity contribution in [1.29, 1.82) is 0 Å². The number of phenols is 1. The second-order valence-corrected chi connectivity index (χ2v) is 9.89. The van der Waals surface area contributed by atoms with E-state index in [0.717, 1.165) is 0 Å². The standard InChI is InChI=1S/C27H26N2O8/c1-29(2)20-19-22(32)16-14(11-7-4-3-5-8-11)12-9-6-10-13(30)15(12)21(31)17(16)24(34)27(19,37)25(35)18(23(20)33)26(28)36/h3-10,14,16,19-20,22,30-32,35,37H,1-2H3,(H2,28,36)/t14-,16+,19?,20-,22-,27-/m0/s1. The highest BCUT2D eigenvalue weighted by Gasteiger charge is 2.68. The Balaban J connectivity index is 1.87. The highest BCUT2D eigenvalue weighted by Crippen LogP contribution is 2.57. The monoisotopic (exact) mass is 506 g/mol. The SMILES string of the molecule is CN(C)[C@@H]1C(=O)C(C(N)=O)=C(O)[C@@]2(O)C(=O)C3=C(O)c4c(O)cccc4[C@H](c4ccccc4)[C@H]3[C@H](O)C12. The highest BCUT2D eigenvalue weighted by atomic mass is 16.4. The molecule has 1 unspecified atom stereocenters. The Kier molecular flexibility index (Phi) is 5.52. The molecule has 1 fully saturated rings. The first-order valence-electron chi connectivity index (χ1n) is 11.6. The van der Waals surface area contributed by atoms with Crippen LogP contribution < -0.4 is 5.73 Å². The summed E-state index contributed by atoms with van der Waals surface area (Å²) in [5.74, 6) is -9.33. The number of benzene rings is 2. The maximum absolute atomic E-state index is 14.1. The molecule has 10 nitrogen and oxygen atoms in total. The van der Waals surface area contributed by atoms with Gasteiger partial charge in [0.25, 0.3) is 5.91 Å². The Hall–Kier alpha value is -3.99. The summed E-state index contributed by atoms with van der Waals surface area (Å²) in [4.78, 5) is 40.8. The van der Waals surface area contributed by atoms with Crippen molar-refractivity contribution in [3.8, 4) is 5.75 Å². The second-order valence-electron chi connectivity index (χ2n) is 9.89. The van der Waals surface area contributed by atoms with Crippen LogP contribution in [0, 0.1) is 11.8 Å². The van der Waals surface area contributed by atoms with Gasteiger partial charge in [0.1, 0.15) is 22.8 Å². The van der Waals surface area contributed by atoms with Gasteiger partial charge in [0, 0.05) is 17.4 Å². The minimum atomic E-state index is -2.95. The number of rotatable bonds is 3. The fourth-order valence-corrected chi connectivity index (χ4v) is 6.32. The second kappa shape index (κ2) is 8.27. The molecule has 37 heavy (non-hydrogen) atoms. The topological polar surface area (TPSA) is 182 Å². The first-order chi connectivity index (χ1) is 17.4. The number of carbonyl (C=O) groups excluding carboxylic acids is 3. The Morgan fingerprint density at radius 1 is 1.00 bits per heavy atom. The fourth-order valence-electron chi connectivity index (χ4n) is 6.32. The maximum atomic E-state index is 14.1. The number of aromatic hydroxyl groups is 1. The molecule has 0 heterocycles. The molecule has 0 spiro atoms. The van der Waals surface area contributed by atoms with Crippen LogP contribution >= 0.6 is 0 Å². The lowest BCUT2D eigenvalue weighted by Crippen LogP contribution is -2.70. The lowest BCUT2D eigenvalue weighted by Gasteiger charge is -2.54. The van der Waals surface area contributed by atoms with Crippen LogP contribution in [0.25, 0.3) is 5.76 Å². The number of ketones is 2. The van der Waals surface area contributed by atoms with Crippen molar-refractivity contribution in [3.05, 3.63) is 82.1 Å². The number of hydrogen-bond acceptors (Lipinski definition) is 9. The molecule has 10 heteroatoms. The predicted octanol–water partition coefficient (Wildman–Crippen LogP) is 0.524. The van der Waals surface area contributed by atoms with E-state index in [1.807, 2.05) is 0 Å². The van der Waals surface area contributed by atoms with Crippen molar-refractivity contribution in [2.45, 2.75) is 23.7 Å². The molecule has 0 aromatic heterocycles. The number of carbonyl (C=O) groups is 3. The molecule has 192 valence electrons. The molecule has 1 amide bonds. The van der Waals surface area contributed by atoms with Gasteiger partial charge in [-0.2, -0.15) is 0 Å². The number of primary amides is 1. The van der Waals surface area contributed by atoms with E-state index >= 15 is 0 Å². The van der Waals surface area contributed by atoms with E-state index in [9.17, 15) is 39.9 Å². The summed E-state index contributed by atoms with van der Waals surface area (Å²) in [6, 6.07) is 11.9. The van der Waals surface area contributed by atoms with Crippen LogP contribution in [0.4, 0.5) is 0 Å². The van der Waals surface area contributed by atoms with Crippen LogP contribution in [-0.2, 0) is 14.4 Å². The number of hydrogen-bond donors (Lipinski definition) is 6. The van der Waals surface area contributed by atoms with E-state index < -0.39 is 75.6 Å². The van der Waals surface area contributed by atoms with Crippen LogP contribution in [0.5, 0.6) is 5.75 Å². The molecular weight excluding hydrogens is 480 g/mol. The van der Waals surface area contributed by atoms with E-state index in [1.54, 1.807) is 42.5 Å². The van der Waals surface area contributed by atoms with E-state index in [1.165, 1.54) is 25.1 Å². The van der Waals surface area contributed by atoms with Gasteiger partial charge < -0.3 is 31.3 Å². The number of phenolic OH excluding ortho intramolecular Hbond substituents is 1. The van der Waals surface area contributed by atoms with Crippen molar-refractivity contribution >= 4 is 23.2 Å². The minimum absolute atomic E-state index is 0.0557. The minimum Gasteiger partial charge on any atom is -0.508 e. The first kappa shape index (κ1) is 24.7. The van der Waals surface area contributed by atoms with Crippen LogP contribution in [0.15, 0.2) is 65.4 Å². The summed E-state index contributed by atoms with van der Waals surface area (Å²) in [6.45, 7) is 0. The van der Waals surface area contributed by atoms with Crippen LogP contribution in [0.1, 0.15) is 22.6 Å². The number of nitrogens with zero attached hydrogens (tertiary/aromatic N) is 1. The number of amides is 1. The molecule has 0 saturated heterocycles. The molecule has 1 saturated carbocycles. The van der Waals surface area contributed by atoms with Gasteiger partial charge in [0.05, 0.1) is 23.6 Å². The summed E-state index contributed by atoms with van der Waals surface area (Å²) in [6.07, 6.45) is -1.67. The van der Waals surface area contributed by atoms with Crippen molar-refractivity contribution in [2.75, 3.05) is 14.1 Å². The Bertz CT molecular complexity index is 1410.